The number of halogens is 1. The van der Waals surface area contributed by atoms with Gasteiger partial charge < -0.3 is 15.6 Å². The zero-order valence-corrected chi connectivity index (χ0v) is 12.1. The lowest BCUT2D eigenvalue weighted by molar-refractivity contribution is 0.0935. The molecule has 1 aromatic carbocycles. The van der Waals surface area contributed by atoms with Gasteiger partial charge in [-0.05, 0) is 31.0 Å². The van der Waals surface area contributed by atoms with Gasteiger partial charge in [0.15, 0.2) is 0 Å². The molecule has 1 unspecified atom stereocenters. The van der Waals surface area contributed by atoms with Gasteiger partial charge in [-0.15, -0.1) is 0 Å². The van der Waals surface area contributed by atoms with Gasteiger partial charge in [0.25, 0.3) is 5.91 Å². The minimum atomic E-state index is -0.299. The first-order valence-electron chi connectivity index (χ1n) is 6.80. The molecular formula is C15H19FN4O. The van der Waals surface area contributed by atoms with E-state index in [0.29, 0.717) is 29.9 Å². The quantitative estimate of drug-likeness (QED) is 0.881. The third-order valence-electron chi connectivity index (χ3n) is 3.30. The number of carbonyl (C=O) groups excluding carboxylic acids is 1. The van der Waals surface area contributed by atoms with Crippen LogP contribution in [0.1, 0.15) is 34.6 Å². The number of rotatable bonds is 5. The average molecular weight is 290 g/mol. The lowest BCUT2D eigenvalue weighted by Crippen LogP contribution is -2.27. The molecule has 21 heavy (non-hydrogen) atoms. The number of benzene rings is 1. The van der Waals surface area contributed by atoms with E-state index in [0.717, 1.165) is 0 Å². The predicted octanol–water partition coefficient (Wildman–Crippen LogP) is 1.78. The molecule has 1 amide bonds. The predicted molar refractivity (Wildman–Crippen MR) is 78.3 cm³/mol. The second-order valence-corrected chi connectivity index (χ2v) is 4.99. The molecule has 2 rings (SSSR count). The Morgan fingerprint density at radius 2 is 2.29 bits per heavy atom. The van der Waals surface area contributed by atoms with Gasteiger partial charge >= 0.3 is 0 Å². The van der Waals surface area contributed by atoms with Crippen LogP contribution in [0.2, 0.25) is 0 Å². The van der Waals surface area contributed by atoms with E-state index in [9.17, 15) is 9.18 Å². The summed E-state index contributed by atoms with van der Waals surface area (Å²) in [5, 5.41) is 2.80. The van der Waals surface area contributed by atoms with Crippen molar-refractivity contribution in [2.24, 2.45) is 5.73 Å². The van der Waals surface area contributed by atoms with Crippen LogP contribution in [0.15, 0.2) is 30.7 Å². The fraction of sp³-hybridized carbons (Fsp3) is 0.333. The molecule has 0 saturated heterocycles. The largest absolute Gasteiger partial charge is 0.344 e. The van der Waals surface area contributed by atoms with E-state index in [-0.39, 0.29) is 17.8 Å². The molecule has 0 radical (unpaired) electrons. The monoisotopic (exact) mass is 290 g/mol. The van der Waals surface area contributed by atoms with Gasteiger partial charge in [-0.25, -0.2) is 9.37 Å². The Bertz CT molecular complexity index is 638. The minimum Gasteiger partial charge on any atom is -0.344 e. The molecule has 6 heteroatoms. The highest BCUT2D eigenvalue weighted by Crippen LogP contribution is 2.16. The highest BCUT2D eigenvalue weighted by molar-refractivity contribution is 5.92. The van der Waals surface area contributed by atoms with Crippen LogP contribution in [-0.4, -0.2) is 22.0 Å². The first-order valence-corrected chi connectivity index (χ1v) is 6.80. The van der Waals surface area contributed by atoms with E-state index in [4.69, 9.17) is 5.73 Å². The molecule has 3 N–H and O–H groups in total. The number of hydrogen-bond donors (Lipinski definition) is 2. The molecule has 112 valence electrons. The van der Waals surface area contributed by atoms with Gasteiger partial charge in [0.05, 0.1) is 12.4 Å². The molecule has 0 spiro atoms. The van der Waals surface area contributed by atoms with Crippen LogP contribution in [0.3, 0.4) is 0 Å². The number of nitrogens with one attached hydrogen (secondary N) is 1. The van der Waals surface area contributed by atoms with Crippen molar-refractivity contribution < 1.29 is 9.18 Å². The second kappa shape index (κ2) is 6.49. The molecule has 2 aromatic rings. The van der Waals surface area contributed by atoms with Crippen molar-refractivity contribution in [2.45, 2.75) is 26.4 Å². The Morgan fingerprint density at radius 3 is 2.95 bits per heavy atom. The lowest BCUT2D eigenvalue weighted by Gasteiger charge is -2.14. The van der Waals surface area contributed by atoms with E-state index in [1.165, 1.54) is 6.07 Å². The molecule has 0 bridgehead atoms. The fourth-order valence-electron chi connectivity index (χ4n) is 1.98. The van der Waals surface area contributed by atoms with E-state index >= 15 is 0 Å². The summed E-state index contributed by atoms with van der Waals surface area (Å²) >= 11 is 0. The van der Waals surface area contributed by atoms with Crippen molar-refractivity contribution in [3.8, 4) is 0 Å². The van der Waals surface area contributed by atoms with Crippen LogP contribution < -0.4 is 11.1 Å². The summed E-state index contributed by atoms with van der Waals surface area (Å²) in [6.07, 6.45) is 3.21. The Labute approximate surface area is 123 Å². The summed E-state index contributed by atoms with van der Waals surface area (Å²) in [4.78, 5) is 16.1. The molecular weight excluding hydrogens is 271 g/mol. The fourth-order valence-corrected chi connectivity index (χ4v) is 1.98. The second-order valence-electron chi connectivity index (χ2n) is 4.99. The zero-order chi connectivity index (χ0) is 15.4. The number of imidazole rings is 1. The van der Waals surface area contributed by atoms with E-state index in [1.54, 1.807) is 43.1 Å². The molecule has 0 saturated carbocycles. The maximum atomic E-state index is 13.5. The van der Waals surface area contributed by atoms with Crippen LogP contribution in [0.25, 0.3) is 0 Å². The van der Waals surface area contributed by atoms with Crippen molar-refractivity contribution in [1.82, 2.24) is 14.9 Å². The molecule has 5 nitrogen and oxygen atoms in total. The van der Waals surface area contributed by atoms with Crippen LogP contribution >= 0.6 is 0 Å². The molecule has 1 aromatic heterocycles. The number of nitrogens with two attached hydrogens (primary N) is 1. The first-order chi connectivity index (χ1) is 10.0. The normalized spacial score (nSPS) is 12.2. The highest BCUT2D eigenvalue weighted by Gasteiger charge is 2.14. The number of hydrogen-bond acceptors (Lipinski definition) is 3. The van der Waals surface area contributed by atoms with E-state index in [2.05, 4.69) is 10.3 Å². The first kappa shape index (κ1) is 15.2. The van der Waals surface area contributed by atoms with Crippen molar-refractivity contribution >= 4 is 5.91 Å². The van der Waals surface area contributed by atoms with E-state index < -0.39 is 0 Å². The summed E-state index contributed by atoms with van der Waals surface area (Å²) in [6, 6.07) is 4.64. The molecule has 1 atom stereocenters. The van der Waals surface area contributed by atoms with Crippen molar-refractivity contribution in [3.05, 3.63) is 53.4 Å². The topological polar surface area (TPSA) is 72.9 Å². The number of nitrogens with zero attached hydrogens (tertiary/aromatic N) is 2. The van der Waals surface area contributed by atoms with Crippen molar-refractivity contribution in [1.29, 1.82) is 0 Å². The van der Waals surface area contributed by atoms with Gasteiger partial charge in [-0.2, -0.15) is 0 Å². The van der Waals surface area contributed by atoms with Crippen molar-refractivity contribution in [3.63, 3.8) is 0 Å². The van der Waals surface area contributed by atoms with E-state index in [1.807, 2.05) is 0 Å². The summed E-state index contributed by atoms with van der Waals surface area (Å²) < 4.78 is 15.3. The number of aromatic nitrogens is 2. The summed E-state index contributed by atoms with van der Waals surface area (Å²) in [7, 11) is 0. The van der Waals surface area contributed by atoms with Crippen LogP contribution in [0, 0.1) is 12.7 Å². The zero-order valence-electron chi connectivity index (χ0n) is 12.1. The smallest absolute Gasteiger partial charge is 0.271 e. The Kier molecular flexibility index (Phi) is 4.70. The van der Waals surface area contributed by atoms with Gasteiger partial charge in [0.1, 0.15) is 11.5 Å². The minimum absolute atomic E-state index is 0.277. The molecule has 0 aliphatic carbocycles. The average Bonchev–Trinajstić information content (AvgIpc) is 2.91. The lowest BCUT2D eigenvalue weighted by atomic mass is 10.1. The maximum absolute atomic E-state index is 13.5. The van der Waals surface area contributed by atoms with Crippen LogP contribution in [-0.2, 0) is 6.54 Å². The van der Waals surface area contributed by atoms with Gasteiger partial charge in [-0.1, -0.05) is 12.1 Å². The Hall–Kier alpha value is -2.21. The molecule has 0 aliphatic heterocycles. The molecule has 0 aliphatic rings. The highest BCUT2D eigenvalue weighted by atomic mass is 19.1. The Morgan fingerprint density at radius 1 is 1.52 bits per heavy atom. The number of amides is 1. The summed E-state index contributed by atoms with van der Waals surface area (Å²) in [6.45, 7) is 4.60. The third-order valence-corrected chi connectivity index (χ3v) is 3.30. The van der Waals surface area contributed by atoms with Gasteiger partial charge in [-0.3, -0.25) is 4.79 Å². The van der Waals surface area contributed by atoms with Crippen LogP contribution in [0.5, 0.6) is 0 Å². The summed E-state index contributed by atoms with van der Waals surface area (Å²) in [5.41, 5.74) is 7.06. The van der Waals surface area contributed by atoms with Gasteiger partial charge in [0.2, 0.25) is 0 Å². The van der Waals surface area contributed by atoms with Gasteiger partial charge in [0, 0.05) is 19.3 Å². The summed E-state index contributed by atoms with van der Waals surface area (Å²) in [5.74, 6) is -0.569. The number of aryl methyl sites for hydroxylation is 1. The third kappa shape index (κ3) is 3.66. The molecule has 1 heterocycles. The van der Waals surface area contributed by atoms with Crippen LogP contribution in [0.4, 0.5) is 4.39 Å². The standard InChI is InChI=1S/C15H19FN4O/c1-10-3-4-12(7-13(10)16)11(2)19-15(21)14-8-20(6-5-17)9-18-14/h3-4,7-9,11H,5-6,17H2,1-2H3,(H,19,21). The molecule has 0 fully saturated rings. The number of carbonyl (C=O) groups is 1. The Balaban J connectivity index is 2.05. The maximum Gasteiger partial charge on any atom is 0.271 e. The SMILES string of the molecule is Cc1ccc(C(C)NC(=O)c2cn(CCN)cn2)cc1F. The van der Waals surface area contributed by atoms with Crippen molar-refractivity contribution in [2.75, 3.05) is 6.54 Å².